The smallest absolute Gasteiger partial charge is 0.227 e. The molecule has 0 aliphatic heterocycles. The van der Waals surface area contributed by atoms with Crippen molar-refractivity contribution in [3.8, 4) is 0 Å². The molecule has 0 bridgehead atoms. The first-order valence-corrected chi connectivity index (χ1v) is 8.92. The molecule has 2 amide bonds. The number of carbonyl (C=O) groups excluding carboxylic acids is 2. The number of anilines is 1. The molecule has 1 aliphatic rings. The van der Waals surface area contributed by atoms with Gasteiger partial charge in [0.2, 0.25) is 11.8 Å². The van der Waals surface area contributed by atoms with Crippen LogP contribution in [-0.4, -0.2) is 17.4 Å². The van der Waals surface area contributed by atoms with E-state index in [0.717, 1.165) is 35.8 Å². The number of hydrogen-bond acceptors (Lipinski definition) is 2. The Hall–Kier alpha value is -1.36. The standard InChI is InChI=1S/C18H25BrN2O2/c1-18(2,3)21-17(23)13-6-4-12(5-7-13)16(22)20-15-10-8-14(19)9-11-15/h8-13H,4-7H2,1-3H3,(H,20,22)(H,21,23). The highest BCUT2D eigenvalue weighted by atomic mass is 79.9. The molecule has 0 aromatic heterocycles. The van der Waals surface area contributed by atoms with Gasteiger partial charge in [-0.3, -0.25) is 9.59 Å². The lowest BCUT2D eigenvalue weighted by atomic mass is 9.81. The molecular weight excluding hydrogens is 356 g/mol. The Morgan fingerprint density at radius 1 is 0.957 bits per heavy atom. The Morgan fingerprint density at radius 2 is 1.43 bits per heavy atom. The maximum absolute atomic E-state index is 12.3. The van der Waals surface area contributed by atoms with Crippen LogP contribution in [0.4, 0.5) is 5.69 Å². The number of nitrogens with one attached hydrogen (secondary N) is 2. The van der Waals surface area contributed by atoms with Gasteiger partial charge in [0.1, 0.15) is 0 Å². The number of halogens is 1. The van der Waals surface area contributed by atoms with Gasteiger partial charge >= 0.3 is 0 Å². The van der Waals surface area contributed by atoms with Gasteiger partial charge in [0.15, 0.2) is 0 Å². The van der Waals surface area contributed by atoms with Gasteiger partial charge in [-0.25, -0.2) is 0 Å². The van der Waals surface area contributed by atoms with Gasteiger partial charge in [-0.1, -0.05) is 15.9 Å². The largest absolute Gasteiger partial charge is 0.351 e. The quantitative estimate of drug-likeness (QED) is 0.828. The van der Waals surface area contributed by atoms with Crippen molar-refractivity contribution in [2.24, 2.45) is 11.8 Å². The number of benzene rings is 1. The van der Waals surface area contributed by atoms with Crippen LogP contribution in [-0.2, 0) is 9.59 Å². The van der Waals surface area contributed by atoms with Crippen molar-refractivity contribution in [3.05, 3.63) is 28.7 Å². The molecule has 1 aromatic rings. The van der Waals surface area contributed by atoms with E-state index in [-0.39, 0.29) is 29.2 Å². The van der Waals surface area contributed by atoms with Crippen LogP contribution < -0.4 is 10.6 Å². The minimum atomic E-state index is -0.201. The summed E-state index contributed by atoms with van der Waals surface area (Å²) in [4.78, 5) is 24.5. The minimum absolute atomic E-state index is 0.00247. The molecule has 2 N–H and O–H groups in total. The summed E-state index contributed by atoms with van der Waals surface area (Å²) < 4.78 is 0.987. The number of hydrogen-bond donors (Lipinski definition) is 2. The molecule has 0 heterocycles. The molecule has 0 saturated heterocycles. The summed E-state index contributed by atoms with van der Waals surface area (Å²) in [6.45, 7) is 5.96. The monoisotopic (exact) mass is 380 g/mol. The van der Waals surface area contributed by atoms with Crippen LogP contribution in [0, 0.1) is 11.8 Å². The second-order valence-corrected chi connectivity index (χ2v) is 8.20. The van der Waals surface area contributed by atoms with E-state index >= 15 is 0 Å². The molecule has 23 heavy (non-hydrogen) atoms. The zero-order valence-electron chi connectivity index (χ0n) is 14.0. The van der Waals surface area contributed by atoms with Gasteiger partial charge in [-0.2, -0.15) is 0 Å². The second kappa shape index (κ2) is 7.47. The van der Waals surface area contributed by atoms with Crippen LogP contribution in [0.15, 0.2) is 28.7 Å². The molecule has 126 valence electrons. The molecule has 4 nitrogen and oxygen atoms in total. The first-order chi connectivity index (χ1) is 10.7. The zero-order valence-corrected chi connectivity index (χ0v) is 15.6. The molecule has 1 aromatic carbocycles. The molecule has 0 atom stereocenters. The summed E-state index contributed by atoms with van der Waals surface area (Å²) in [6, 6.07) is 7.57. The van der Waals surface area contributed by atoms with Crippen molar-refractivity contribution in [3.63, 3.8) is 0 Å². The van der Waals surface area contributed by atoms with Gasteiger partial charge in [-0.15, -0.1) is 0 Å². The van der Waals surface area contributed by atoms with Crippen LogP contribution in [0.5, 0.6) is 0 Å². The predicted octanol–water partition coefficient (Wildman–Crippen LogP) is 4.11. The summed E-state index contributed by atoms with van der Waals surface area (Å²) in [5, 5.41) is 5.99. The van der Waals surface area contributed by atoms with Crippen molar-refractivity contribution >= 4 is 33.4 Å². The van der Waals surface area contributed by atoms with Crippen molar-refractivity contribution < 1.29 is 9.59 Å². The fourth-order valence-corrected chi connectivity index (χ4v) is 3.13. The molecule has 0 spiro atoms. The summed E-state index contributed by atoms with van der Waals surface area (Å²) in [7, 11) is 0. The van der Waals surface area contributed by atoms with Gasteiger partial charge in [0.25, 0.3) is 0 Å². The third-order valence-corrected chi connectivity index (χ3v) is 4.61. The van der Waals surface area contributed by atoms with Crippen LogP contribution in [0.3, 0.4) is 0 Å². The average molecular weight is 381 g/mol. The Kier molecular flexibility index (Phi) is 5.84. The molecule has 1 fully saturated rings. The molecule has 0 radical (unpaired) electrons. The van der Waals surface area contributed by atoms with E-state index in [1.165, 1.54) is 0 Å². The average Bonchev–Trinajstić information content (AvgIpc) is 2.48. The Labute approximate surface area is 146 Å². The highest BCUT2D eigenvalue weighted by Crippen LogP contribution is 2.30. The Bertz CT molecular complexity index is 555. The van der Waals surface area contributed by atoms with Crippen LogP contribution >= 0.6 is 15.9 Å². The van der Waals surface area contributed by atoms with E-state index in [9.17, 15) is 9.59 Å². The SMILES string of the molecule is CC(C)(C)NC(=O)C1CCC(C(=O)Nc2ccc(Br)cc2)CC1. The molecule has 0 unspecified atom stereocenters. The molecule has 5 heteroatoms. The third-order valence-electron chi connectivity index (χ3n) is 4.08. The first-order valence-electron chi connectivity index (χ1n) is 8.13. The lowest BCUT2D eigenvalue weighted by molar-refractivity contribution is -0.129. The fraction of sp³-hybridized carbons (Fsp3) is 0.556. The first kappa shape index (κ1) is 18.0. The van der Waals surface area contributed by atoms with Crippen molar-refractivity contribution in [1.82, 2.24) is 5.32 Å². The van der Waals surface area contributed by atoms with Gasteiger partial charge in [-0.05, 0) is 70.7 Å². The normalized spacial score (nSPS) is 21.6. The zero-order chi connectivity index (χ0) is 17.0. The van der Waals surface area contributed by atoms with Gasteiger partial charge < -0.3 is 10.6 Å². The lowest BCUT2D eigenvalue weighted by Crippen LogP contribution is -2.45. The Morgan fingerprint density at radius 3 is 1.91 bits per heavy atom. The number of carbonyl (C=O) groups is 2. The highest BCUT2D eigenvalue weighted by molar-refractivity contribution is 9.10. The van der Waals surface area contributed by atoms with E-state index in [1.54, 1.807) is 0 Å². The number of amides is 2. The van der Waals surface area contributed by atoms with Crippen LogP contribution in [0.1, 0.15) is 46.5 Å². The molecule has 2 rings (SSSR count). The molecule has 1 aliphatic carbocycles. The van der Waals surface area contributed by atoms with Crippen molar-refractivity contribution in [2.75, 3.05) is 5.32 Å². The van der Waals surface area contributed by atoms with E-state index in [4.69, 9.17) is 0 Å². The van der Waals surface area contributed by atoms with E-state index in [1.807, 2.05) is 45.0 Å². The van der Waals surface area contributed by atoms with Crippen LogP contribution in [0.25, 0.3) is 0 Å². The van der Waals surface area contributed by atoms with Crippen molar-refractivity contribution in [2.45, 2.75) is 52.0 Å². The lowest BCUT2D eigenvalue weighted by Gasteiger charge is -2.30. The van der Waals surface area contributed by atoms with E-state index in [0.29, 0.717) is 0 Å². The van der Waals surface area contributed by atoms with Crippen molar-refractivity contribution in [1.29, 1.82) is 0 Å². The van der Waals surface area contributed by atoms with E-state index in [2.05, 4.69) is 26.6 Å². The summed E-state index contributed by atoms with van der Waals surface area (Å²) in [6.07, 6.45) is 3.09. The second-order valence-electron chi connectivity index (χ2n) is 7.28. The van der Waals surface area contributed by atoms with Crippen LogP contribution in [0.2, 0.25) is 0 Å². The summed E-state index contributed by atoms with van der Waals surface area (Å²) in [5.74, 6) is 0.203. The Balaban J connectivity index is 1.83. The van der Waals surface area contributed by atoms with Gasteiger partial charge in [0.05, 0.1) is 0 Å². The highest BCUT2D eigenvalue weighted by Gasteiger charge is 2.31. The fourth-order valence-electron chi connectivity index (χ4n) is 2.87. The molecule has 1 saturated carbocycles. The van der Waals surface area contributed by atoms with E-state index < -0.39 is 0 Å². The maximum Gasteiger partial charge on any atom is 0.227 e. The molecular formula is C18H25BrN2O2. The minimum Gasteiger partial charge on any atom is -0.351 e. The summed E-state index contributed by atoms with van der Waals surface area (Å²) >= 11 is 3.38. The summed E-state index contributed by atoms with van der Waals surface area (Å²) in [5.41, 5.74) is 0.609. The van der Waals surface area contributed by atoms with Gasteiger partial charge in [0, 0.05) is 27.5 Å². The predicted molar refractivity (Wildman–Crippen MR) is 96.1 cm³/mol. The third kappa shape index (κ3) is 5.65. The topological polar surface area (TPSA) is 58.2 Å². The number of rotatable bonds is 3. The maximum atomic E-state index is 12.3.